The molecule has 0 N–H and O–H groups in total. The van der Waals surface area contributed by atoms with Crippen molar-refractivity contribution in [3.05, 3.63) is 167 Å². The zero-order valence-corrected chi connectivity index (χ0v) is 28.4. The zero-order chi connectivity index (χ0) is 30.8. The molecular weight excluding hydrogens is 566 g/mol. The van der Waals surface area contributed by atoms with Crippen molar-refractivity contribution in [1.82, 2.24) is 0 Å². The van der Waals surface area contributed by atoms with Gasteiger partial charge in [0.05, 0.1) is 0 Å². The molecule has 0 aromatic heterocycles. The Kier molecular flexibility index (Phi) is 8.96. The molecule has 0 heterocycles. The fourth-order valence-electron chi connectivity index (χ4n) is 5.96. The van der Waals surface area contributed by atoms with Crippen LogP contribution < -0.4 is 31.8 Å². The molecule has 0 saturated heterocycles. The normalized spacial score (nSPS) is 11.4. The van der Waals surface area contributed by atoms with E-state index >= 15 is 0 Å². The molecule has 0 aliphatic carbocycles. The van der Waals surface area contributed by atoms with Crippen molar-refractivity contribution in [2.75, 3.05) is 0 Å². The summed E-state index contributed by atoms with van der Waals surface area (Å²) >= 11 is 0. The number of rotatable bonds is 7. The first-order chi connectivity index (χ1) is 21.3. The highest BCUT2D eigenvalue weighted by Gasteiger charge is 2.27. The molecule has 0 radical (unpaired) electrons. The van der Waals surface area contributed by atoms with Crippen molar-refractivity contribution in [2.24, 2.45) is 0 Å². The summed E-state index contributed by atoms with van der Waals surface area (Å²) in [6.45, 7) is 13.3. The van der Waals surface area contributed by atoms with E-state index in [1.54, 1.807) is 0 Å². The Balaban J connectivity index is 1.64. The summed E-state index contributed by atoms with van der Waals surface area (Å²) in [7, 11) is -1.57. The molecule has 0 aliphatic rings. The van der Waals surface area contributed by atoms with Crippen LogP contribution in [-0.4, -0.2) is 0 Å². The van der Waals surface area contributed by atoms with Gasteiger partial charge in [-0.2, -0.15) is 0 Å². The molecule has 218 valence electrons. The first kappa shape index (κ1) is 30.2. The first-order valence-electron chi connectivity index (χ1n) is 15.4. The topological polar surface area (TPSA) is 0 Å². The Hall–Kier alpha value is -3.82. The van der Waals surface area contributed by atoms with Gasteiger partial charge in [-0.1, -0.05) is 156 Å². The van der Waals surface area contributed by atoms with Gasteiger partial charge in [-0.15, -0.1) is 0 Å². The minimum Gasteiger partial charge on any atom is -0.0613 e. The number of benzene rings is 6. The van der Waals surface area contributed by atoms with Crippen molar-refractivity contribution >= 4 is 47.7 Å². The largest absolute Gasteiger partial charge is 0.0613 e. The SMILES string of the molecule is Cc1ccc(P(c2ccc(C)cc2)c2cccc(C)c2-c2c(C)cccc2P(c2ccc(C)cc2)c2ccc(C)cc2)cc1. The molecule has 0 unspecified atom stereocenters. The standard InChI is InChI=1S/C42H40P2/c1-29-13-21-35(22-14-29)43(36-23-15-30(2)16-24-36)39-11-7-9-33(5)41(39)42-34(6)10-8-12-40(42)44(37-25-17-31(3)18-26-37)38-27-19-32(4)20-28-38/h7-28H,1-6H3. The van der Waals surface area contributed by atoms with Gasteiger partial charge in [-0.3, -0.25) is 0 Å². The molecule has 6 aromatic rings. The highest BCUT2D eigenvalue weighted by atomic mass is 31.1. The Bertz CT molecular complexity index is 1650. The van der Waals surface area contributed by atoms with Crippen LogP contribution >= 0.6 is 15.8 Å². The van der Waals surface area contributed by atoms with E-state index in [0.29, 0.717) is 0 Å². The number of hydrogen-bond acceptors (Lipinski definition) is 0. The van der Waals surface area contributed by atoms with Gasteiger partial charge in [0.25, 0.3) is 0 Å². The predicted octanol–water partition coefficient (Wildman–Crippen LogP) is 8.72. The number of hydrogen-bond donors (Lipinski definition) is 0. The molecule has 0 fully saturated rings. The van der Waals surface area contributed by atoms with Crippen molar-refractivity contribution in [2.45, 2.75) is 41.5 Å². The lowest BCUT2D eigenvalue weighted by atomic mass is 9.96. The van der Waals surface area contributed by atoms with E-state index in [2.05, 4.69) is 175 Å². The van der Waals surface area contributed by atoms with Gasteiger partial charge in [0, 0.05) is 0 Å². The fraction of sp³-hybridized carbons (Fsp3) is 0.143. The Morgan fingerprint density at radius 2 is 0.545 bits per heavy atom. The van der Waals surface area contributed by atoms with Crippen LogP contribution in [0.5, 0.6) is 0 Å². The third kappa shape index (κ3) is 6.21. The molecule has 0 aliphatic heterocycles. The fourth-order valence-corrected chi connectivity index (χ4v) is 10.9. The van der Waals surface area contributed by atoms with Gasteiger partial charge in [0.15, 0.2) is 0 Å². The summed E-state index contributed by atoms with van der Waals surface area (Å²) in [5, 5.41) is 8.38. The molecule has 0 nitrogen and oxygen atoms in total. The van der Waals surface area contributed by atoms with Gasteiger partial charge in [-0.25, -0.2) is 0 Å². The summed E-state index contributed by atoms with van der Waals surface area (Å²) in [4.78, 5) is 0. The van der Waals surface area contributed by atoms with Crippen LogP contribution in [0.25, 0.3) is 11.1 Å². The van der Waals surface area contributed by atoms with E-state index in [0.717, 1.165) is 0 Å². The summed E-state index contributed by atoms with van der Waals surface area (Å²) < 4.78 is 0. The molecule has 6 rings (SSSR count). The Morgan fingerprint density at radius 1 is 0.295 bits per heavy atom. The van der Waals surface area contributed by atoms with Crippen LogP contribution in [-0.2, 0) is 0 Å². The molecule has 2 heteroatoms. The maximum Gasteiger partial charge on any atom is -0.00617 e. The van der Waals surface area contributed by atoms with E-state index in [1.807, 2.05) is 0 Å². The smallest absolute Gasteiger partial charge is 0.00617 e. The Morgan fingerprint density at radius 3 is 0.795 bits per heavy atom. The van der Waals surface area contributed by atoms with Crippen LogP contribution in [0.1, 0.15) is 33.4 Å². The highest BCUT2D eigenvalue weighted by Crippen LogP contribution is 2.43. The molecule has 44 heavy (non-hydrogen) atoms. The zero-order valence-electron chi connectivity index (χ0n) is 26.6. The third-order valence-corrected chi connectivity index (χ3v) is 13.4. The predicted molar refractivity (Wildman–Crippen MR) is 198 cm³/mol. The quantitative estimate of drug-likeness (QED) is 0.160. The van der Waals surface area contributed by atoms with Gasteiger partial charge in [0.1, 0.15) is 0 Å². The third-order valence-electron chi connectivity index (χ3n) is 8.40. The summed E-state index contributed by atoms with van der Waals surface area (Å²) in [5.41, 5.74) is 10.6. The average Bonchev–Trinajstić information content (AvgIpc) is 3.02. The van der Waals surface area contributed by atoms with E-state index in [4.69, 9.17) is 0 Å². The van der Waals surface area contributed by atoms with E-state index in [1.165, 1.54) is 76.3 Å². The van der Waals surface area contributed by atoms with E-state index < -0.39 is 15.8 Å². The van der Waals surface area contributed by atoms with Crippen LogP contribution in [0.3, 0.4) is 0 Å². The highest BCUT2D eigenvalue weighted by molar-refractivity contribution is 7.80. The van der Waals surface area contributed by atoms with E-state index in [-0.39, 0.29) is 0 Å². The van der Waals surface area contributed by atoms with E-state index in [9.17, 15) is 0 Å². The van der Waals surface area contributed by atoms with Gasteiger partial charge in [0.2, 0.25) is 0 Å². The average molecular weight is 607 g/mol. The Labute approximate surface area is 266 Å². The lowest BCUT2D eigenvalue weighted by molar-refractivity contribution is 1.43. The maximum absolute atomic E-state index is 2.39. The maximum atomic E-state index is 2.39. The monoisotopic (exact) mass is 606 g/mol. The first-order valence-corrected chi connectivity index (χ1v) is 18.0. The lowest BCUT2D eigenvalue weighted by Gasteiger charge is -2.28. The van der Waals surface area contributed by atoms with Crippen LogP contribution in [0.15, 0.2) is 133 Å². The summed E-state index contributed by atoms with van der Waals surface area (Å²) in [6.07, 6.45) is 0. The minimum atomic E-state index is -0.785. The summed E-state index contributed by atoms with van der Waals surface area (Å²) in [6, 6.07) is 50.8. The van der Waals surface area contributed by atoms with Crippen LogP contribution in [0.4, 0.5) is 0 Å². The van der Waals surface area contributed by atoms with Crippen molar-refractivity contribution in [1.29, 1.82) is 0 Å². The van der Waals surface area contributed by atoms with Crippen molar-refractivity contribution in [3.8, 4) is 11.1 Å². The molecular formula is C42H40P2. The lowest BCUT2D eigenvalue weighted by Crippen LogP contribution is -2.27. The summed E-state index contributed by atoms with van der Waals surface area (Å²) in [5.74, 6) is 0. The second kappa shape index (κ2) is 13.0. The molecule has 0 saturated carbocycles. The van der Waals surface area contributed by atoms with Crippen molar-refractivity contribution < 1.29 is 0 Å². The second-order valence-corrected chi connectivity index (χ2v) is 16.3. The number of aryl methyl sites for hydroxylation is 6. The molecule has 0 bridgehead atoms. The van der Waals surface area contributed by atoms with Gasteiger partial charge >= 0.3 is 0 Å². The van der Waals surface area contributed by atoms with Gasteiger partial charge < -0.3 is 0 Å². The molecule has 0 atom stereocenters. The van der Waals surface area contributed by atoms with Crippen molar-refractivity contribution in [3.63, 3.8) is 0 Å². The second-order valence-electron chi connectivity index (χ2n) is 12.0. The molecule has 6 aromatic carbocycles. The molecule has 0 spiro atoms. The van der Waals surface area contributed by atoms with Crippen LogP contribution in [0.2, 0.25) is 0 Å². The van der Waals surface area contributed by atoms with Crippen LogP contribution in [0, 0.1) is 41.5 Å². The van der Waals surface area contributed by atoms with Gasteiger partial charge in [-0.05, 0) is 111 Å². The molecule has 0 amide bonds. The minimum absolute atomic E-state index is 0.785.